The first-order valence-corrected chi connectivity index (χ1v) is 9.04. The third-order valence-electron chi connectivity index (χ3n) is 4.16. The van der Waals surface area contributed by atoms with E-state index in [-0.39, 0.29) is 36.0 Å². The van der Waals surface area contributed by atoms with Crippen LogP contribution in [0.5, 0.6) is 0 Å². The van der Waals surface area contributed by atoms with Gasteiger partial charge in [-0.05, 0) is 30.5 Å². The van der Waals surface area contributed by atoms with Crippen molar-refractivity contribution in [1.29, 1.82) is 0 Å². The van der Waals surface area contributed by atoms with Crippen molar-refractivity contribution in [3.8, 4) is 0 Å². The van der Waals surface area contributed by atoms with E-state index in [1.165, 1.54) is 0 Å². The van der Waals surface area contributed by atoms with Gasteiger partial charge in [-0.15, -0.1) is 24.0 Å². The molecule has 1 fully saturated rings. The Morgan fingerprint density at radius 1 is 1.30 bits per heavy atom. The van der Waals surface area contributed by atoms with E-state index in [9.17, 15) is 4.79 Å². The zero-order chi connectivity index (χ0) is 18.8. The Morgan fingerprint density at radius 2 is 2.04 bits per heavy atom. The summed E-state index contributed by atoms with van der Waals surface area (Å²) >= 11 is 0. The number of rotatable bonds is 8. The zero-order valence-corrected chi connectivity index (χ0v) is 18.7. The quantitative estimate of drug-likeness (QED) is 0.252. The SMILES string of the molecule is CN=C(NCCOCC1CCCO1)NCc1ccc(C(=O)N(C)C)cc1.I. The molecule has 1 aromatic carbocycles. The van der Waals surface area contributed by atoms with E-state index in [2.05, 4.69) is 15.6 Å². The molecule has 0 aromatic heterocycles. The van der Waals surface area contributed by atoms with Crippen LogP contribution < -0.4 is 10.6 Å². The van der Waals surface area contributed by atoms with Crippen LogP contribution >= 0.6 is 24.0 Å². The van der Waals surface area contributed by atoms with Crippen molar-refractivity contribution in [1.82, 2.24) is 15.5 Å². The molecule has 152 valence electrons. The number of carbonyl (C=O) groups is 1. The van der Waals surface area contributed by atoms with Crippen molar-refractivity contribution in [3.05, 3.63) is 35.4 Å². The molecule has 7 nitrogen and oxygen atoms in total. The van der Waals surface area contributed by atoms with Crippen molar-refractivity contribution >= 4 is 35.8 Å². The predicted octanol–water partition coefficient (Wildman–Crippen LogP) is 1.87. The Labute approximate surface area is 178 Å². The van der Waals surface area contributed by atoms with E-state index in [1.807, 2.05) is 24.3 Å². The lowest BCUT2D eigenvalue weighted by Gasteiger charge is -2.14. The number of carbonyl (C=O) groups excluding carboxylic acids is 1. The third kappa shape index (κ3) is 8.44. The molecular formula is C19H31IN4O3. The molecule has 2 N–H and O–H groups in total. The van der Waals surface area contributed by atoms with E-state index < -0.39 is 0 Å². The van der Waals surface area contributed by atoms with Gasteiger partial charge in [-0.3, -0.25) is 9.79 Å². The largest absolute Gasteiger partial charge is 0.377 e. The number of guanidine groups is 1. The fourth-order valence-corrected chi connectivity index (χ4v) is 2.66. The van der Waals surface area contributed by atoms with Crippen LogP contribution in [0.25, 0.3) is 0 Å². The number of benzene rings is 1. The topological polar surface area (TPSA) is 75.2 Å². The van der Waals surface area contributed by atoms with Gasteiger partial charge >= 0.3 is 0 Å². The molecule has 0 bridgehead atoms. The molecule has 1 heterocycles. The van der Waals surface area contributed by atoms with Gasteiger partial charge in [0, 0.05) is 46.4 Å². The van der Waals surface area contributed by atoms with Gasteiger partial charge in [0.25, 0.3) is 5.91 Å². The molecule has 1 aliphatic heterocycles. The van der Waals surface area contributed by atoms with Crippen LogP contribution in [0.3, 0.4) is 0 Å². The van der Waals surface area contributed by atoms with E-state index in [4.69, 9.17) is 9.47 Å². The molecule has 1 atom stereocenters. The first-order valence-electron chi connectivity index (χ1n) is 9.04. The van der Waals surface area contributed by atoms with Crippen LogP contribution in [-0.4, -0.2) is 70.4 Å². The van der Waals surface area contributed by atoms with Crippen molar-refractivity contribution < 1.29 is 14.3 Å². The highest BCUT2D eigenvalue weighted by Gasteiger charge is 2.15. The van der Waals surface area contributed by atoms with Crippen LogP contribution in [0.4, 0.5) is 0 Å². The zero-order valence-electron chi connectivity index (χ0n) is 16.4. The number of aliphatic imine (C=N–C) groups is 1. The lowest BCUT2D eigenvalue weighted by molar-refractivity contribution is 0.0191. The normalized spacial score (nSPS) is 16.6. The van der Waals surface area contributed by atoms with Gasteiger partial charge < -0.3 is 25.0 Å². The summed E-state index contributed by atoms with van der Waals surface area (Å²) in [4.78, 5) is 17.7. The number of ether oxygens (including phenoxy) is 2. The summed E-state index contributed by atoms with van der Waals surface area (Å²) in [6.45, 7) is 3.44. The molecule has 1 unspecified atom stereocenters. The van der Waals surface area contributed by atoms with Gasteiger partial charge in [0.2, 0.25) is 0 Å². The molecule has 0 saturated carbocycles. The third-order valence-corrected chi connectivity index (χ3v) is 4.16. The summed E-state index contributed by atoms with van der Waals surface area (Å²) in [5, 5.41) is 6.47. The van der Waals surface area contributed by atoms with Crippen molar-refractivity contribution in [2.45, 2.75) is 25.5 Å². The van der Waals surface area contributed by atoms with Crippen LogP contribution in [0.15, 0.2) is 29.3 Å². The van der Waals surface area contributed by atoms with Crippen molar-refractivity contribution in [3.63, 3.8) is 0 Å². The van der Waals surface area contributed by atoms with Crippen molar-refractivity contribution in [2.24, 2.45) is 4.99 Å². The van der Waals surface area contributed by atoms with E-state index in [0.717, 1.165) is 31.0 Å². The number of nitrogens with zero attached hydrogens (tertiary/aromatic N) is 2. The fraction of sp³-hybridized carbons (Fsp3) is 0.579. The van der Waals surface area contributed by atoms with Crippen LogP contribution in [0.2, 0.25) is 0 Å². The average molecular weight is 490 g/mol. The first kappa shape index (κ1) is 23.6. The molecule has 1 amide bonds. The minimum absolute atomic E-state index is 0. The van der Waals surface area contributed by atoms with E-state index in [1.54, 1.807) is 26.0 Å². The number of halogens is 1. The minimum Gasteiger partial charge on any atom is -0.377 e. The highest BCUT2D eigenvalue weighted by molar-refractivity contribution is 14.0. The van der Waals surface area contributed by atoms with Gasteiger partial charge in [-0.2, -0.15) is 0 Å². The van der Waals surface area contributed by atoms with E-state index in [0.29, 0.717) is 31.9 Å². The Balaban J connectivity index is 0.00000364. The smallest absolute Gasteiger partial charge is 0.253 e. The van der Waals surface area contributed by atoms with Gasteiger partial charge in [-0.1, -0.05) is 12.1 Å². The molecule has 27 heavy (non-hydrogen) atoms. The molecule has 1 aliphatic rings. The maximum Gasteiger partial charge on any atom is 0.253 e. The molecule has 0 aliphatic carbocycles. The number of hydrogen-bond acceptors (Lipinski definition) is 4. The highest BCUT2D eigenvalue weighted by Crippen LogP contribution is 2.11. The monoisotopic (exact) mass is 490 g/mol. The van der Waals surface area contributed by atoms with Crippen molar-refractivity contribution in [2.75, 3.05) is 47.5 Å². The maximum absolute atomic E-state index is 11.9. The number of hydrogen-bond donors (Lipinski definition) is 2. The number of amides is 1. The van der Waals surface area contributed by atoms with Gasteiger partial charge in [0.05, 0.1) is 19.3 Å². The van der Waals surface area contributed by atoms with Crippen LogP contribution in [0, 0.1) is 0 Å². The summed E-state index contributed by atoms with van der Waals surface area (Å²) in [5.41, 5.74) is 1.77. The average Bonchev–Trinajstić information content (AvgIpc) is 3.17. The lowest BCUT2D eigenvalue weighted by Crippen LogP contribution is -2.38. The molecule has 2 rings (SSSR count). The lowest BCUT2D eigenvalue weighted by atomic mass is 10.1. The maximum atomic E-state index is 11.9. The summed E-state index contributed by atoms with van der Waals surface area (Å²) < 4.78 is 11.1. The van der Waals surface area contributed by atoms with Gasteiger partial charge in [0.15, 0.2) is 5.96 Å². The van der Waals surface area contributed by atoms with Gasteiger partial charge in [0.1, 0.15) is 0 Å². The summed E-state index contributed by atoms with van der Waals surface area (Å²) in [6, 6.07) is 7.58. The second-order valence-corrected chi connectivity index (χ2v) is 6.46. The summed E-state index contributed by atoms with van der Waals surface area (Å²) in [6.07, 6.45) is 2.48. The molecule has 0 spiro atoms. The molecular weight excluding hydrogens is 459 g/mol. The van der Waals surface area contributed by atoms with E-state index >= 15 is 0 Å². The number of nitrogens with one attached hydrogen (secondary N) is 2. The first-order chi connectivity index (χ1) is 12.6. The molecule has 1 aromatic rings. The Morgan fingerprint density at radius 3 is 2.63 bits per heavy atom. The minimum atomic E-state index is 0. The predicted molar refractivity (Wildman–Crippen MR) is 118 cm³/mol. The van der Waals surface area contributed by atoms with Gasteiger partial charge in [-0.25, -0.2) is 0 Å². The standard InChI is InChI=1S/C19H30N4O3.HI/c1-20-19(21-10-12-25-14-17-5-4-11-26-17)22-13-15-6-8-16(9-7-15)18(24)23(2)3;/h6-9,17H,4-5,10-14H2,1-3H3,(H2,20,21,22);1H. The molecule has 1 saturated heterocycles. The second kappa shape index (κ2) is 12.9. The Kier molecular flexibility index (Phi) is 11.3. The molecule has 0 radical (unpaired) electrons. The Bertz CT molecular complexity index is 587. The summed E-state index contributed by atoms with van der Waals surface area (Å²) in [7, 11) is 5.23. The fourth-order valence-electron chi connectivity index (χ4n) is 2.66. The summed E-state index contributed by atoms with van der Waals surface area (Å²) in [5.74, 6) is 0.726. The second-order valence-electron chi connectivity index (χ2n) is 6.46. The highest BCUT2D eigenvalue weighted by atomic mass is 127. The van der Waals surface area contributed by atoms with Crippen LogP contribution in [0.1, 0.15) is 28.8 Å². The Hall–Kier alpha value is -1.39. The molecule has 8 heteroatoms. The van der Waals surface area contributed by atoms with Crippen LogP contribution in [-0.2, 0) is 16.0 Å².